The monoisotopic (exact) mass is 553 g/mol. The first kappa shape index (κ1) is 27.9. The molecule has 1 saturated heterocycles. The van der Waals surface area contributed by atoms with Crippen LogP contribution in [0, 0.1) is 5.92 Å². The summed E-state index contributed by atoms with van der Waals surface area (Å²) in [5.41, 5.74) is 7.93. The van der Waals surface area contributed by atoms with Crippen molar-refractivity contribution in [2.75, 3.05) is 63.8 Å². The van der Waals surface area contributed by atoms with Crippen LogP contribution >= 0.6 is 0 Å². The largest absolute Gasteiger partial charge is 0.497 e. The number of carbonyl (C=O) groups is 1. The molecule has 0 radical (unpaired) electrons. The van der Waals surface area contributed by atoms with E-state index in [1.165, 1.54) is 0 Å². The third kappa shape index (κ3) is 6.40. The minimum atomic E-state index is -0.642. The molecule has 12 heteroatoms. The summed E-state index contributed by atoms with van der Waals surface area (Å²) in [6, 6.07) is 7.19. The molecule has 1 saturated carbocycles. The summed E-state index contributed by atoms with van der Waals surface area (Å²) in [4.78, 5) is 19.8. The third-order valence-corrected chi connectivity index (χ3v) is 7.34. The number of benzene rings is 1. The Labute approximate surface area is 233 Å². The number of fused-ring (bicyclic) bond motifs is 1. The molecule has 1 aliphatic heterocycles. The highest BCUT2D eigenvalue weighted by Gasteiger charge is 2.29. The first-order valence-corrected chi connectivity index (χ1v) is 13.9. The molecule has 5 rings (SSSR count). The Morgan fingerprint density at radius 2 is 1.95 bits per heavy atom. The van der Waals surface area contributed by atoms with E-state index < -0.39 is 5.91 Å². The van der Waals surface area contributed by atoms with Crippen LogP contribution in [-0.4, -0.2) is 89.7 Å². The summed E-state index contributed by atoms with van der Waals surface area (Å²) in [5, 5.41) is 21.3. The second-order valence-electron chi connectivity index (χ2n) is 10.7. The highest BCUT2D eigenvalue weighted by molar-refractivity contribution is 6.04. The van der Waals surface area contributed by atoms with Crippen LogP contribution in [0.4, 0.5) is 17.3 Å². The van der Waals surface area contributed by atoms with Crippen LogP contribution in [0.3, 0.4) is 0 Å². The van der Waals surface area contributed by atoms with E-state index in [2.05, 4.69) is 15.5 Å². The van der Waals surface area contributed by atoms with Crippen molar-refractivity contribution >= 4 is 28.9 Å². The Bertz CT molecular complexity index is 1330. The second-order valence-corrected chi connectivity index (χ2v) is 10.7. The number of aliphatic hydroxyl groups excluding tert-OH is 1. The number of anilines is 3. The molecule has 3 heterocycles. The van der Waals surface area contributed by atoms with Gasteiger partial charge in [-0.2, -0.15) is 4.52 Å². The molecular formula is C28H39N7O5. The number of aliphatic hydroxyl groups is 1. The Hall–Kier alpha value is -3.61. The number of hydrogen-bond donors (Lipinski definition) is 4. The predicted octanol–water partition coefficient (Wildman–Crippen LogP) is 2.60. The molecule has 1 aromatic carbocycles. The molecular weight excluding hydrogens is 514 g/mol. The number of nitrogens with zero attached hydrogens (tertiary/aromatic N) is 4. The molecule has 0 unspecified atom stereocenters. The number of carbonyl (C=O) groups excluding carboxylic acids is 1. The first-order chi connectivity index (χ1) is 19.4. The number of amides is 1. The van der Waals surface area contributed by atoms with E-state index >= 15 is 0 Å². The fraction of sp³-hybridized carbons (Fsp3) is 0.536. The highest BCUT2D eigenvalue weighted by Crippen LogP contribution is 2.41. The van der Waals surface area contributed by atoms with E-state index in [4.69, 9.17) is 30.0 Å². The van der Waals surface area contributed by atoms with Gasteiger partial charge in [0.1, 0.15) is 29.5 Å². The smallest absolute Gasteiger partial charge is 0.256 e. The van der Waals surface area contributed by atoms with Crippen molar-refractivity contribution in [3.05, 3.63) is 35.5 Å². The molecule has 0 bridgehead atoms. The van der Waals surface area contributed by atoms with Gasteiger partial charge in [-0.1, -0.05) is 13.8 Å². The Morgan fingerprint density at radius 3 is 2.60 bits per heavy atom. The zero-order valence-electron chi connectivity index (χ0n) is 23.4. The van der Waals surface area contributed by atoms with Crippen molar-refractivity contribution in [3.8, 4) is 11.5 Å². The van der Waals surface area contributed by atoms with Gasteiger partial charge >= 0.3 is 0 Å². The molecule has 1 amide bonds. The zero-order valence-corrected chi connectivity index (χ0v) is 23.4. The number of nitrogens with two attached hydrogens (primary N) is 1. The van der Waals surface area contributed by atoms with Crippen molar-refractivity contribution in [1.82, 2.24) is 19.5 Å². The van der Waals surface area contributed by atoms with E-state index in [-0.39, 0.29) is 29.9 Å². The van der Waals surface area contributed by atoms with Crippen molar-refractivity contribution in [3.63, 3.8) is 0 Å². The average Bonchev–Trinajstić information content (AvgIpc) is 3.72. The maximum Gasteiger partial charge on any atom is 0.256 e. The van der Waals surface area contributed by atoms with Crippen molar-refractivity contribution in [1.29, 1.82) is 0 Å². The minimum absolute atomic E-state index is 0.0482. The van der Waals surface area contributed by atoms with Crippen molar-refractivity contribution < 1.29 is 24.1 Å². The molecule has 216 valence electrons. The Kier molecular flexibility index (Phi) is 8.57. The lowest BCUT2D eigenvalue weighted by Gasteiger charge is -2.26. The van der Waals surface area contributed by atoms with Gasteiger partial charge in [0.05, 0.1) is 33.0 Å². The number of rotatable bonds is 13. The van der Waals surface area contributed by atoms with Crippen molar-refractivity contribution in [2.24, 2.45) is 11.7 Å². The normalized spacial score (nSPS) is 16.7. The van der Waals surface area contributed by atoms with Crippen LogP contribution in [0.1, 0.15) is 48.7 Å². The van der Waals surface area contributed by atoms with Gasteiger partial charge in [-0.25, -0.2) is 4.98 Å². The molecule has 2 aromatic heterocycles. The lowest BCUT2D eigenvalue weighted by Crippen LogP contribution is -2.38. The summed E-state index contributed by atoms with van der Waals surface area (Å²) in [6.45, 7) is 8.57. The van der Waals surface area contributed by atoms with Gasteiger partial charge in [0.25, 0.3) is 5.91 Å². The molecule has 40 heavy (non-hydrogen) atoms. The summed E-state index contributed by atoms with van der Waals surface area (Å²) in [6.07, 6.45) is 2.08. The molecule has 5 N–H and O–H groups in total. The maximum atomic E-state index is 12.7. The summed E-state index contributed by atoms with van der Waals surface area (Å²) < 4.78 is 18.5. The van der Waals surface area contributed by atoms with Crippen LogP contribution in [0.2, 0.25) is 0 Å². The Morgan fingerprint density at radius 1 is 1.20 bits per heavy atom. The maximum absolute atomic E-state index is 12.7. The van der Waals surface area contributed by atoms with Crippen LogP contribution in [0.5, 0.6) is 11.5 Å². The number of ether oxygens (including phenoxy) is 3. The van der Waals surface area contributed by atoms with Crippen LogP contribution in [0.15, 0.2) is 24.3 Å². The third-order valence-electron chi connectivity index (χ3n) is 7.34. The van der Waals surface area contributed by atoms with Crippen LogP contribution in [-0.2, 0) is 4.74 Å². The zero-order chi connectivity index (χ0) is 28.2. The van der Waals surface area contributed by atoms with Crippen LogP contribution in [0.25, 0.3) is 5.65 Å². The summed E-state index contributed by atoms with van der Waals surface area (Å²) >= 11 is 0. The second kappa shape index (κ2) is 12.3. The number of aromatic nitrogens is 3. The molecule has 1 atom stereocenters. The molecule has 0 spiro atoms. The SMILES string of the molecule is COc1cc(Nc2nn3c(N[C@H](CO)C(C)C)cc(C4CC4)nc3c2C(N)=O)cc(OCCN2CCOCC2)c1. The number of morpholine rings is 1. The van der Waals surface area contributed by atoms with Gasteiger partial charge in [0, 0.05) is 61.2 Å². The van der Waals surface area contributed by atoms with Crippen molar-refractivity contribution in [2.45, 2.75) is 38.6 Å². The lowest BCUT2D eigenvalue weighted by molar-refractivity contribution is 0.0322. The fourth-order valence-electron chi connectivity index (χ4n) is 4.75. The summed E-state index contributed by atoms with van der Waals surface area (Å²) in [7, 11) is 1.59. The number of hydrogen-bond acceptors (Lipinski definition) is 10. The average molecular weight is 554 g/mol. The van der Waals surface area contributed by atoms with E-state index in [0.29, 0.717) is 41.2 Å². The van der Waals surface area contributed by atoms with Gasteiger partial charge in [-0.05, 0) is 18.8 Å². The molecule has 1 aliphatic carbocycles. The Balaban J connectivity index is 1.45. The minimum Gasteiger partial charge on any atom is -0.497 e. The van der Waals surface area contributed by atoms with E-state index in [1.54, 1.807) is 17.7 Å². The lowest BCUT2D eigenvalue weighted by atomic mass is 10.1. The predicted molar refractivity (Wildman–Crippen MR) is 152 cm³/mol. The van der Waals surface area contributed by atoms with Gasteiger partial charge in [-0.3, -0.25) is 9.69 Å². The standard InChI is InChI=1S/C28H39N7O5/c1-17(2)23(16-36)31-24-15-22(18-4-5-18)32-28-25(26(29)37)27(33-35(24)28)30-19-12-20(38-3)14-21(13-19)40-11-8-34-6-9-39-10-7-34/h12-15,17-18,23,31,36H,4-11,16H2,1-3H3,(H2,29,37)(H,30,33)/t23-/m1/s1. The van der Waals surface area contributed by atoms with Crippen LogP contribution < -0.4 is 25.8 Å². The number of methoxy groups -OCH3 is 1. The number of primary amides is 1. The van der Waals surface area contributed by atoms with E-state index in [1.807, 2.05) is 32.0 Å². The molecule has 3 aromatic rings. The molecule has 2 aliphatic rings. The quantitative estimate of drug-likeness (QED) is 0.249. The summed E-state index contributed by atoms with van der Waals surface area (Å²) in [5.74, 6) is 1.99. The highest BCUT2D eigenvalue weighted by atomic mass is 16.5. The first-order valence-electron chi connectivity index (χ1n) is 13.9. The fourth-order valence-corrected chi connectivity index (χ4v) is 4.75. The van der Waals surface area contributed by atoms with Gasteiger partial charge in [0.15, 0.2) is 11.5 Å². The molecule has 2 fully saturated rings. The number of nitrogens with one attached hydrogen (secondary N) is 2. The van der Waals surface area contributed by atoms with Gasteiger partial charge in [0.2, 0.25) is 0 Å². The van der Waals surface area contributed by atoms with E-state index in [0.717, 1.165) is 51.4 Å². The molecule has 12 nitrogen and oxygen atoms in total. The van der Waals surface area contributed by atoms with E-state index in [9.17, 15) is 9.90 Å². The topological polar surface area (TPSA) is 148 Å². The van der Waals surface area contributed by atoms with Gasteiger partial charge < -0.3 is 35.7 Å². The van der Waals surface area contributed by atoms with Gasteiger partial charge in [-0.15, -0.1) is 5.10 Å².